The third kappa shape index (κ3) is 3.31. The highest BCUT2D eigenvalue weighted by atomic mass is 79.9. The van der Waals surface area contributed by atoms with E-state index in [1.54, 1.807) is 16.8 Å². The van der Waals surface area contributed by atoms with Gasteiger partial charge in [-0.2, -0.15) is 5.10 Å². The largest absolute Gasteiger partial charge is 0.493 e. The molecule has 5 heteroatoms. The van der Waals surface area contributed by atoms with Gasteiger partial charge in [-0.3, -0.25) is 4.68 Å². The molecular formula is C19H20BrFN2O. The number of hydrogen-bond donors (Lipinski definition) is 0. The Morgan fingerprint density at radius 2 is 2.04 bits per heavy atom. The number of ether oxygens (including phenoxy) is 1. The molecule has 1 heterocycles. The third-order valence-corrected chi connectivity index (χ3v) is 4.73. The van der Waals surface area contributed by atoms with Crippen LogP contribution in [-0.2, 0) is 7.05 Å². The summed E-state index contributed by atoms with van der Waals surface area (Å²) in [7, 11) is 1.86. The van der Waals surface area contributed by atoms with Crippen LogP contribution in [-0.4, -0.2) is 16.4 Å². The average molecular weight is 391 g/mol. The summed E-state index contributed by atoms with van der Waals surface area (Å²) < 4.78 is 23.0. The van der Waals surface area contributed by atoms with Crippen LogP contribution in [0, 0.1) is 11.7 Å². The third-order valence-electron chi connectivity index (χ3n) is 4.24. The first kappa shape index (κ1) is 17.0. The minimum Gasteiger partial charge on any atom is -0.493 e. The number of nitrogens with zero attached hydrogens (tertiary/aromatic N) is 2. The summed E-state index contributed by atoms with van der Waals surface area (Å²) in [6, 6.07) is 10.9. The molecule has 0 aliphatic heterocycles. The SMILES string of the molecule is CCC(C)COc1ccc(-c2nn(C)c3cc(Br)ccc23)c(F)c1. The number of fused-ring (bicyclic) bond motifs is 1. The molecule has 1 atom stereocenters. The van der Waals surface area contributed by atoms with E-state index in [-0.39, 0.29) is 5.82 Å². The number of hydrogen-bond acceptors (Lipinski definition) is 2. The van der Waals surface area contributed by atoms with Crippen molar-refractivity contribution in [2.45, 2.75) is 20.3 Å². The minimum absolute atomic E-state index is 0.320. The monoisotopic (exact) mass is 390 g/mol. The maximum Gasteiger partial charge on any atom is 0.136 e. The molecule has 0 amide bonds. The van der Waals surface area contributed by atoms with Crippen LogP contribution in [0.5, 0.6) is 5.75 Å². The minimum atomic E-state index is -0.320. The first-order chi connectivity index (χ1) is 11.5. The van der Waals surface area contributed by atoms with Crippen LogP contribution in [0.15, 0.2) is 40.9 Å². The Labute approximate surface area is 149 Å². The molecule has 0 aliphatic carbocycles. The highest BCUT2D eigenvalue weighted by Gasteiger charge is 2.15. The molecule has 0 bridgehead atoms. The second-order valence-corrected chi connectivity index (χ2v) is 7.02. The van der Waals surface area contributed by atoms with Gasteiger partial charge in [0.05, 0.1) is 12.1 Å². The van der Waals surface area contributed by atoms with E-state index in [2.05, 4.69) is 34.9 Å². The van der Waals surface area contributed by atoms with Crippen molar-refractivity contribution >= 4 is 26.8 Å². The highest BCUT2D eigenvalue weighted by molar-refractivity contribution is 9.10. The molecule has 3 rings (SSSR count). The van der Waals surface area contributed by atoms with E-state index in [0.29, 0.717) is 29.5 Å². The lowest BCUT2D eigenvalue weighted by Gasteiger charge is -2.11. The van der Waals surface area contributed by atoms with Gasteiger partial charge in [-0.25, -0.2) is 4.39 Å². The van der Waals surface area contributed by atoms with Crippen molar-refractivity contribution < 1.29 is 9.13 Å². The van der Waals surface area contributed by atoms with Crippen LogP contribution >= 0.6 is 15.9 Å². The Morgan fingerprint density at radius 3 is 2.75 bits per heavy atom. The molecule has 0 radical (unpaired) electrons. The summed E-state index contributed by atoms with van der Waals surface area (Å²) in [5.41, 5.74) is 2.08. The summed E-state index contributed by atoms with van der Waals surface area (Å²) in [6.07, 6.45) is 1.04. The van der Waals surface area contributed by atoms with E-state index >= 15 is 0 Å². The second kappa shape index (κ2) is 6.93. The maximum atomic E-state index is 14.6. The number of rotatable bonds is 5. The normalized spacial score (nSPS) is 12.5. The fourth-order valence-corrected chi connectivity index (χ4v) is 2.91. The standard InChI is InChI=1S/C19H20BrFN2O/c1-4-12(2)11-24-14-6-8-15(17(21)10-14)19-16-7-5-13(20)9-18(16)23(3)22-19/h5-10,12H,4,11H2,1-3H3. The van der Waals surface area contributed by atoms with Crippen LogP contribution in [0.4, 0.5) is 4.39 Å². The lowest BCUT2D eigenvalue weighted by molar-refractivity contribution is 0.255. The van der Waals surface area contributed by atoms with Crippen LogP contribution in [0.2, 0.25) is 0 Å². The van der Waals surface area contributed by atoms with Gasteiger partial charge < -0.3 is 4.74 Å². The van der Waals surface area contributed by atoms with E-state index in [1.807, 2.05) is 25.2 Å². The Kier molecular flexibility index (Phi) is 4.90. The number of benzene rings is 2. The fourth-order valence-electron chi connectivity index (χ4n) is 2.56. The van der Waals surface area contributed by atoms with Gasteiger partial charge in [0.1, 0.15) is 17.3 Å². The zero-order valence-corrected chi connectivity index (χ0v) is 15.6. The van der Waals surface area contributed by atoms with Gasteiger partial charge in [-0.05, 0) is 36.2 Å². The van der Waals surface area contributed by atoms with Crippen LogP contribution in [0.1, 0.15) is 20.3 Å². The van der Waals surface area contributed by atoms with Gasteiger partial charge in [0, 0.05) is 28.5 Å². The first-order valence-electron chi connectivity index (χ1n) is 8.04. The molecule has 24 heavy (non-hydrogen) atoms. The van der Waals surface area contributed by atoms with Gasteiger partial charge in [-0.1, -0.05) is 36.2 Å². The van der Waals surface area contributed by atoms with Crippen LogP contribution in [0.3, 0.4) is 0 Å². The predicted octanol–water partition coefficient (Wildman–Crippen LogP) is 5.57. The molecule has 126 valence electrons. The second-order valence-electron chi connectivity index (χ2n) is 6.10. The summed E-state index contributed by atoms with van der Waals surface area (Å²) in [4.78, 5) is 0. The molecule has 1 aromatic heterocycles. The molecule has 1 unspecified atom stereocenters. The maximum absolute atomic E-state index is 14.6. The molecule has 0 saturated carbocycles. The van der Waals surface area contributed by atoms with E-state index < -0.39 is 0 Å². The van der Waals surface area contributed by atoms with E-state index in [0.717, 1.165) is 21.8 Å². The molecule has 0 spiro atoms. The number of aromatic nitrogens is 2. The van der Waals surface area contributed by atoms with E-state index in [1.165, 1.54) is 6.07 Å². The Morgan fingerprint density at radius 1 is 1.25 bits per heavy atom. The van der Waals surface area contributed by atoms with E-state index in [4.69, 9.17) is 4.74 Å². The lowest BCUT2D eigenvalue weighted by atomic mass is 10.1. The Balaban J connectivity index is 1.96. The first-order valence-corrected chi connectivity index (χ1v) is 8.84. The highest BCUT2D eigenvalue weighted by Crippen LogP contribution is 2.32. The molecule has 0 N–H and O–H groups in total. The van der Waals surface area contributed by atoms with Crippen molar-refractivity contribution in [2.75, 3.05) is 6.61 Å². The van der Waals surface area contributed by atoms with Gasteiger partial charge in [0.25, 0.3) is 0 Å². The molecule has 0 saturated heterocycles. The Hall–Kier alpha value is -1.88. The van der Waals surface area contributed by atoms with Crippen LogP contribution in [0.25, 0.3) is 22.2 Å². The summed E-state index contributed by atoms with van der Waals surface area (Å²) in [5.74, 6) is 0.685. The molecule has 0 aliphatic rings. The molecule has 0 fully saturated rings. The topological polar surface area (TPSA) is 27.1 Å². The quantitative estimate of drug-likeness (QED) is 0.569. The Bertz CT molecular complexity index is 875. The number of aryl methyl sites for hydroxylation is 1. The smallest absolute Gasteiger partial charge is 0.136 e. The van der Waals surface area contributed by atoms with E-state index in [9.17, 15) is 4.39 Å². The van der Waals surface area contributed by atoms with Crippen molar-refractivity contribution in [2.24, 2.45) is 13.0 Å². The van der Waals surface area contributed by atoms with Crippen LogP contribution < -0.4 is 4.74 Å². The van der Waals surface area contributed by atoms with Crippen molar-refractivity contribution in [1.82, 2.24) is 9.78 Å². The summed E-state index contributed by atoms with van der Waals surface area (Å²) in [5, 5.41) is 5.42. The zero-order chi connectivity index (χ0) is 17.3. The molecule has 3 aromatic rings. The van der Waals surface area contributed by atoms with Gasteiger partial charge in [0.2, 0.25) is 0 Å². The van der Waals surface area contributed by atoms with Gasteiger partial charge in [0.15, 0.2) is 0 Å². The number of halogens is 2. The summed E-state index contributed by atoms with van der Waals surface area (Å²) in [6.45, 7) is 4.82. The summed E-state index contributed by atoms with van der Waals surface area (Å²) >= 11 is 3.46. The van der Waals surface area contributed by atoms with Gasteiger partial charge >= 0.3 is 0 Å². The zero-order valence-electron chi connectivity index (χ0n) is 14.0. The lowest BCUT2D eigenvalue weighted by Crippen LogP contribution is -2.07. The van der Waals surface area contributed by atoms with Crippen molar-refractivity contribution in [3.63, 3.8) is 0 Å². The van der Waals surface area contributed by atoms with Crippen molar-refractivity contribution in [3.8, 4) is 17.0 Å². The molecular weight excluding hydrogens is 371 g/mol. The molecule has 3 nitrogen and oxygen atoms in total. The average Bonchev–Trinajstić information content (AvgIpc) is 2.89. The van der Waals surface area contributed by atoms with Crippen molar-refractivity contribution in [3.05, 3.63) is 46.7 Å². The van der Waals surface area contributed by atoms with Gasteiger partial charge in [-0.15, -0.1) is 0 Å². The fraction of sp³-hybridized carbons (Fsp3) is 0.316. The predicted molar refractivity (Wildman–Crippen MR) is 98.8 cm³/mol. The van der Waals surface area contributed by atoms with Crippen molar-refractivity contribution in [1.29, 1.82) is 0 Å². The molecule has 2 aromatic carbocycles.